The molecule has 13 heavy (non-hydrogen) atoms. The quantitative estimate of drug-likeness (QED) is 0.692. The molecule has 2 rings (SSSR count). The topological polar surface area (TPSA) is 74.7 Å². The molecule has 0 fully saturated rings. The molecule has 0 radical (unpaired) electrons. The van der Waals surface area contributed by atoms with Gasteiger partial charge >= 0.3 is 0 Å². The Balaban J connectivity index is 2.37. The number of fused-ring (bicyclic) bond motifs is 1. The van der Waals surface area contributed by atoms with Gasteiger partial charge in [0.2, 0.25) is 5.65 Å². The predicted octanol–water partition coefficient (Wildman–Crippen LogP) is 0.276. The number of hydrogen-bond acceptors (Lipinski definition) is 4. The molecule has 0 spiro atoms. The monoisotopic (exact) mass is 178 g/mol. The van der Waals surface area contributed by atoms with Crippen LogP contribution >= 0.6 is 0 Å². The standard InChI is InChI=1S/C8H10N4O/c1-5(13)2-6-3-7-8(9-4-6)11-12-10-7/h3-5,13H,2H2,1H3,(H,9,10,11,12)/t5-/m0/s1. The fourth-order valence-electron chi connectivity index (χ4n) is 1.24. The van der Waals surface area contributed by atoms with Crippen molar-refractivity contribution in [2.45, 2.75) is 19.4 Å². The normalized spacial score (nSPS) is 13.4. The van der Waals surface area contributed by atoms with Crippen LogP contribution in [-0.2, 0) is 6.42 Å². The number of aliphatic hydroxyl groups is 1. The van der Waals surface area contributed by atoms with Crippen LogP contribution in [0.3, 0.4) is 0 Å². The van der Waals surface area contributed by atoms with Crippen LogP contribution in [0.2, 0.25) is 0 Å². The smallest absolute Gasteiger partial charge is 0.201 e. The zero-order valence-corrected chi connectivity index (χ0v) is 7.23. The van der Waals surface area contributed by atoms with E-state index in [4.69, 9.17) is 5.11 Å². The number of pyridine rings is 1. The highest BCUT2D eigenvalue weighted by Gasteiger charge is 2.03. The van der Waals surface area contributed by atoms with Gasteiger partial charge in [-0.05, 0) is 25.0 Å². The summed E-state index contributed by atoms with van der Waals surface area (Å²) in [6, 6.07) is 1.87. The third-order valence-corrected chi connectivity index (χ3v) is 1.76. The fourth-order valence-corrected chi connectivity index (χ4v) is 1.24. The Hall–Kier alpha value is -1.49. The molecule has 5 heteroatoms. The lowest BCUT2D eigenvalue weighted by Gasteiger charge is -2.02. The van der Waals surface area contributed by atoms with Gasteiger partial charge in [0.15, 0.2) is 0 Å². The van der Waals surface area contributed by atoms with E-state index in [-0.39, 0.29) is 6.10 Å². The fraction of sp³-hybridized carbons (Fsp3) is 0.375. The first-order valence-corrected chi connectivity index (χ1v) is 4.09. The van der Waals surface area contributed by atoms with Gasteiger partial charge in [0.25, 0.3) is 0 Å². The number of hydrogen-bond donors (Lipinski definition) is 2. The van der Waals surface area contributed by atoms with Crippen LogP contribution < -0.4 is 0 Å². The minimum absolute atomic E-state index is 0.355. The molecule has 2 aromatic rings. The second-order valence-electron chi connectivity index (χ2n) is 3.06. The molecule has 0 aliphatic carbocycles. The molecular formula is C8H10N4O. The molecule has 2 N–H and O–H groups in total. The minimum atomic E-state index is -0.355. The van der Waals surface area contributed by atoms with Crippen LogP contribution in [0.5, 0.6) is 0 Å². The third kappa shape index (κ3) is 1.65. The summed E-state index contributed by atoms with van der Waals surface area (Å²) in [4.78, 5) is 4.08. The Bertz CT molecular complexity index is 409. The molecule has 0 unspecified atom stereocenters. The Labute approximate surface area is 74.8 Å². The number of rotatable bonds is 2. The SMILES string of the molecule is C[C@H](O)Cc1cnc2n[nH]nc2c1. The third-order valence-electron chi connectivity index (χ3n) is 1.76. The summed E-state index contributed by atoms with van der Waals surface area (Å²) in [6.45, 7) is 1.74. The van der Waals surface area contributed by atoms with E-state index < -0.39 is 0 Å². The summed E-state index contributed by atoms with van der Waals surface area (Å²) in [5.74, 6) is 0. The van der Waals surface area contributed by atoms with Crippen molar-refractivity contribution in [3.63, 3.8) is 0 Å². The largest absolute Gasteiger partial charge is 0.393 e. The average Bonchev–Trinajstić information content (AvgIpc) is 2.49. The second kappa shape index (κ2) is 3.10. The van der Waals surface area contributed by atoms with Crippen molar-refractivity contribution in [2.24, 2.45) is 0 Å². The molecule has 0 amide bonds. The maximum atomic E-state index is 9.16. The van der Waals surface area contributed by atoms with Gasteiger partial charge in [-0.15, -0.1) is 5.10 Å². The minimum Gasteiger partial charge on any atom is -0.393 e. The number of H-pyrrole nitrogens is 1. The van der Waals surface area contributed by atoms with Gasteiger partial charge in [-0.1, -0.05) is 0 Å². The van der Waals surface area contributed by atoms with E-state index in [1.54, 1.807) is 13.1 Å². The molecular weight excluding hydrogens is 168 g/mol. The van der Waals surface area contributed by atoms with Crippen LogP contribution in [0.15, 0.2) is 12.3 Å². The van der Waals surface area contributed by atoms with Crippen LogP contribution in [0, 0.1) is 0 Å². The number of aromatic nitrogens is 4. The zero-order valence-electron chi connectivity index (χ0n) is 7.23. The highest BCUT2D eigenvalue weighted by atomic mass is 16.3. The van der Waals surface area contributed by atoms with Crippen LogP contribution in [0.4, 0.5) is 0 Å². The second-order valence-corrected chi connectivity index (χ2v) is 3.06. The number of nitrogens with one attached hydrogen (secondary N) is 1. The first kappa shape index (κ1) is 8.12. The Morgan fingerprint density at radius 1 is 1.54 bits per heavy atom. The summed E-state index contributed by atoms with van der Waals surface area (Å²) in [5, 5.41) is 19.4. The first-order chi connectivity index (χ1) is 6.25. The van der Waals surface area contributed by atoms with Gasteiger partial charge in [-0.3, -0.25) is 0 Å². The van der Waals surface area contributed by atoms with E-state index in [9.17, 15) is 0 Å². The molecule has 1 atom stereocenters. The Kier molecular flexibility index (Phi) is 1.94. The lowest BCUT2D eigenvalue weighted by molar-refractivity contribution is 0.195. The molecule has 0 aliphatic rings. The van der Waals surface area contributed by atoms with E-state index >= 15 is 0 Å². The highest BCUT2D eigenvalue weighted by Crippen LogP contribution is 2.08. The van der Waals surface area contributed by atoms with Crippen molar-refractivity contribution in [1.29, 1.82) is 0 Å². The van der Waals surface area contributed by atoms with Crippen molar-refractivity contribution >= 4 is 11.2 Å². The van der Waals surface area contributed by atoms with Gasteiger partial charge in [0, 0.05) is 6.20 Å². The number of nitrogens with zero attached hydrogens (tertiary/aromatic N) is 3. The van der Waals surface area contributed by atoms with Gasteiger partial charge in [-0.2, -0.15) is 10.3 Å². The van der Waals surface area contributed by atoms with Crippen LogP contribution in [-0.4, -0.2) is 31.6 Å². The molecule has 5 nitrogen and oxygen atoms in total. The lowest BCUT2D eigenvalue weighted by atomic mass is 10.1. The van der Waals surface area contributed by atoms with Crippen molar-refractivity contribution in [3.8, 4) is 0 Å². The highest BCUT2D eigenvalue weighted by molar-refractivity contribution is 5.68. The molecule has 2 heterocycles. The molecule has 2 aromatic heterocycles. The summed E-state index contributed by atoms with van der Waals surface area (Å²) < 4.78 is 0. The molecule has 0 saturated heterocycles. The molecule has 0 aromatic carbocycles. The van der Waals surface area contributed by atoms with Gasteiger partial charge in [0.05, 0.1) is 6.10 Å². The molecule has 0 bridgehead atoms. The van der Waals surface area contributed by atoms with Gasteiger partial charge < -0.3 is 5.11 Å². The van der Waals surface area contributed by atoms with E-state index in [1.807, 2.05) is 6.07 Å². The van der Waals surface area contributed by atoms with Crippen molar-refractivity contribution in [1.82, 2.24) is 20.4 Å². The van der Waals surface area contributed by atoms with Crippen LogP contribution in [0.1, 0.15) is 12.5 Å². The molecule has 0 aliphatic heterocycles. The maximum Gasteiger partial charge on any atom is 0.201 e. The van der Waals surface area contributed by atoms with Crippen molar-refractivity contribution < 1.29 is 5.11 Å². The van der Waals surface area contributed by atoms with Crippen molar-refractivity contribution in [2.75, 3.05) is 0 Å². The maximum absolute atomic E-state index is 9.16. The summed E-state index contributed by atoms with van der Waals surface area (Å²) in [6.07, 6.45) is 1.94. The Morgan fingerprint density at radius 3 is 3.15 bits per heavy atom. The summed E-state index contributed by atoms with van der Waals surface area (Å²) >= 11 is 0. The van der Waals surface area contributed by atoms with E-state index in [2.05, 4.69) is 20.4 Å². The van der Waals surface area contributed by atoms with E-state index in [0.29, 0.717) is 12.1 Å². The van der Waals surface area contributed by atoms with Crippen molar-refractivity contribution in [3.05, 3.63) is 17.8 Å². The van der Waals surface area contributed by atoms with Gasteiger partial charge in [0.1, 0.15) is 5.52 Å². The number of aromatic amines is 1. The van der Waals surface area contributed by atoms with E-state index in [0.717, 1.165) is 11.1 Å². The molecule has 0 saturated carbocycles. The summed E-state index contributed by atoms with van der Waals surface area (Å²) in [5.41, 5.74) is 2.31. The Morgan fingerprint density at radius 2 is 2.38 bits per heavy atom. The first-order valence-electron chi connectivity index (χ1n) is 4.09. The van der Waals surface area contributed by atoms with Gasteiger partial charge in [-0.25, -0.2) is 4.98 Å². The van der Waals surface area contributed by atoms with Crippen LogP contribution in [0.25, 0.3) is 11.2 Å². The number of aliphatic hydroxyl groups excluding tert-OH is 1. The summed E-state index contributed by atoms with van der Waals surface area (Å²) in [7, 11) is 0. The average molecular weight is 178 g/mol. The van der Waals surface area contributed by atoms with E-state index in [1.165, 1.54) is 0 Å². The predicted molar refractivity (Wildman–Crippen MR) is 47.1 cm³/mol. The zero-order chi connectivity index (χ0) is 9.26. The lowest BCUT2D eigenvalue weighted by Crippen LogP contribution is -2.04. The molecule has 68 valence electrons.